The van der Waals surface area contributed by atoms with Gasteiger partial charge < -0.3 is 15.4 Å². The van der Waals surface area contributed by atoms with Crippen molar-refractivity contribution in [2.45, 2.75) is 34.1 Å². The van der Waals surface area contributed by atoms with Crippen LogP contribution in [0.25, 0.3) is 0 Å². The highest BCUT2D eigenvalue weighted by Crippen LogP contribution is 2.20. The fourth-order valence-electron chi connectivity index (χ4n) is 2.48. The molecule has 0 atom stereocenters. The zero-order valence-electron chi connectivity index (χ0n) is 17.2. The number of ether oxygens (including phenoxy) is 1. The summed E-state index contributed by atoms with van der Waals surface area (Å²) >= 11 is 5.23. The third-order valence-electron chi connectivity index (χ3n) is 4.11. The second-order valence-corrected chi connectivity index (χ2v) is 7.58. The van der Waals surface area contributed by atoms with Crippen molar-refractivity contribution < 1.29 is 14.3 Å². The molecule has 0 saturated heterocycles. The van der Waals surface area contributed by atoms with Gasteiger partial charge in [-0.15, -0.1) is 0 Å². The van der Waals surface area contributed by atoms with Gasteiger partial charge in [0, 0.05) is 23.9 Å². The molecule has 3 N–H and O–H groups in total. The molecule has 0 saturated carbocycles. The summed E-state index contributed by atoms with van der Waals surface area (Å²) in [5.41, 5.74) is 2.76. The van der Waals surface area contributed by atoms with E-state index < -0.39 is 0 Å². The van der Waals surface area contributed by atoms with Crippen molar-refractivity contribution in [3.8, 4) is 5.75 Å². The molecule has 0 aliphatic rings. The topological polar surface area (TPSA) is 79.5 Å². The summed E-state index contributed by atoms with van der Waals surface area (Å²) in [7, 11) is 0. The Balaban J connectivity index is 1.92. The highest BCUT2D eigenvalue weighted by Gasteiger charge is 2.09. The summed E-state index contributed by atoms with van der Waals surface area (Å²) in [6.07, 6.45) is 0.977. The SMILES string of the molecule is CC(=O)Nc1cc(NC(=S)NC(=O)c2ccc(OCCC(C)C)cc2)ccc1C. The highest BCUT2D eigenvalue weighted by molar-refractivity contribution is 7.80. The predicted molar refractivity (Wildman–Crippen MR) is 121 cm³/mol. The molecule has 7 heteroatoms. The second kappa shape index (κ2) is 10.6. The second-order valence-electron chi connectivity index (χ2n) is 7.17. The number of hydrogen-bond acceptors (Lipinski definition) is 4. The largest absolute Gasteiger partial charge is 0.494 e. The van der Waals surface area contributed by atoms with Crippen LogP contribution in [0.1, 0.15) is 43.1 Å². The zero-order chi connectivity index (χ0) is 21.4. The van der Waals surface area contributed by atoms with E-state index >= 15 is 0 Å². The fraction of sp³-hybridized carbons (Fsp3) is 0.318. The quantitative estimate of drug-likeness (QED) is 0.582. The molecular formula is C22H27N3O3S. The molecule has 0 bridgehead atoms. The minimum atomic E-state index is -0.314. The summed E-state index contributed by atoms with van der Waals surface area (Å²) < 4.78 is 5.66. The first-order chi connectivity index (χ1) is 13.7. The van der Waals surface area contributed by atoms with E-state index in [0.717, 1.165) is 17.7 Å². The lowest BCUT2D eigenvalue weighted by molar-refractivity contribution is -0.114. The van der Waals surface area contributed by atoms with E-state index in [1.54, 1.807) is 30.3 Å². The summed E-state index contributed by atoms with van der Waals surface area (Å²) in [6.45, 7) is 8.28. The first-order valence-corrected chi connectivity index (χ1v) is 9.89. The Morgan fingerprint density at radius 3 is 2.38 bits per heavy atom. The maximum atomic E-state index is 12.4. The van der Waals surface area contributed by atoms with Gasteiger partial charge >= 0.3 is 0 Å². The number of hydrogen-bond donors (Lipinski definition) is 3. The van der Waals surface area contributed by atoms with Crippen LogP contribution in [0.5, 0.6) is 5.75 Å². The van der Waals surface area contributed by atoms with E-state index in [1.807, 2.05) is 19.1 Å². The summed E-state index contributed by atoms with van der Waals surface area (Å²) in [5.74, 6) is 0.840. The van der Waals surface area contributed by atoms with E-state index in [9.17, 15) is 9.59 Å². The van der Waals surface area contributed by atoms with Gasteiger partial charge in [0.2, 0.25) is 5.91 Å². The minimum Gasteiger partial charge on any atom is -0.494 e. The predicted octanol–water partition coefficient (Wildman–Crippen LogP) is 4.51. The van der Waals surface area contributed by atoms with Crippen LogP contribution in [0.2, 0.25) is 0 Å². The average molecular weight is 414 g/mol. The molecular weight excluding hydrogens is 386 g/mol. The van der Waals surface area contributed by atoms with Crippen molar-refractivity contribution in [3.63, 3.8) is 0 Å². The van der Waals surface area contributed by atoms with Crippen LogP contribution in [0.4, 0.5) is 11.4 Å². The van der Waals surface area contributed by atoms with Crippen molar-refractivity contribution >= 4 is 40.5 Å². The van der Waals surface area contributed by atoms with Crippen LogP contribution in [-0.2, 0) is 4.79 Å². The molecule has 0 unspecified atom stereocenters. The first-order valence-electron chi connectivity index (χ1n) is 9.48. The number of carbonyl (C=O) groups is 2. The number of thiocarbonyl (C=S) groups is 1. The Bertz CT molecular complexity index is 879. The van der Waals surface area contributed by atoms with Crippen LogP contribution < -0.4 is 20.7 Å². The molecule has 2 aromatic rings. The van der Waals surface area contributed by atoms with E-state index in [0.29, 0.717) is 29.5 Å². The molecule has 0 aromatic heterocycles. The van der Waals surface area contributed by atoms with Gasteiger partial charge in [-0.3, -0.25) is 14.9 Å². The Morgan fingerprint density at radius 1 is 1.07 bits per heavy atom. The molecule has 6 nitrogen and oxygen atoms in total. The lowest BCUT2D eigenvalue weighted by Crippen LogP contribution is -2.34. The third-order valence-corrected chi connectivity index (χ3v) is 4.32. The van der Waals surface area contributed by atoms with Gasteiger partial charge in [0.25, 0.3) is 5.91 Å². The smallest absolute Gasteiger partial charge is 0.257 e. The Morgan fingerprint density at radius 2 is 1.76 bits per heavy atom. The van der Waals surface area contributed by atoms with E-state index in [-0.39, 0.29) is 16.9 Å². The van der Waals surface area contributed by atoms with E-state index in [1.165, 1.54) is 6.92 Å². The van der Waals surface area contributed by atoms with Gasteiger partial charge in [0.15, 0.2) is 5.11 Å². The van der Waals surface area contributed by atoms with E-state index in [2.05, 4.69) is 29.8 Å². The lowest BCUT2D eigenvalue weighted by Gasteiger charge is -2.13. The number of rotatable bonds is 7. The first kappa shape index (κ1) is 22.4. The van der Waals surface area contributed by atoms with Gasteiger partial charge in [-0.05, 0) is 73.4 Å². The standard InChI is InChI=1S/C22H27N3O3S/c1-14(2)11-12-28-19-9-6-17(7-10-19)21(27)25-22(29)24-18-8-5-15(3)20(13-18)23-16(4)26/h5-10,13-14H,11-12H2,1-4H3,(H,23,26)(H2,24,25,27,29). The van der Waals surface area contributed by atoms with Crippen molar-refractivity contribution in [2.75, 3.05) is 17.2 Å². The molecule has 154 valence electrons. The molecule has 0 fully saturated rings. The fourth-order valence-corrected chi connectivity index (χ4v) is 2.69. The maximum absolute atomic E-state index is 12.4. The van der Waals surface area contributed by atoms with Gasteiger partial charge in [-0.1, -0.05) is 19.9 Å². The van der Waals surface area contributed by atoms with Crippen molar-refractivity contribution in [3.05, 3.63) is 53.6 Å². The van der Waals surface area contributed by atoms with Crippen LogP contribution in [0, 0.1) is 12.8 Å². The van der Waals surface area contributed by atoms with Gasteiger partial charge in [-0.2, -0.15) is 0 Å². The van der Waals surface area contributed by atoms with Gasteiger partial charge in [-0.25, -0.2) is 0 Å². The molecule has 0 radical (unpaired) electrons. The summed E-state index contributed by atoms with van der Waals surface area (Å²) in [5, 5.41) is 8.54. The van der Waals surface area contributed by atoms with E-state index in [4.69, 9.17) is 17.0 Å². The Labute approximate surface area is 177 Å². The highest BCUT2D eigenvalue weighted by atomic mass is 32.1. The number of carbonyl (C=O) groups excluding carboxylic acids is 2. The maximum Gasteiger partial charge on any atom is 0.257 e. The number of anilines is 2. The van der Waals surface area contributed by atoms with Crippen LogP contribution in [0.3, 0.4) is 0 Å². The zero-order valence-corrected chi connectivity index (χ0v) is 18.0. The summed E-state index contributed by atoms with van der Waals surface area (Å²) in [4.78, 5) is 23.7. The Hall–Kier alpha value is -2.93. The molecule has 0 aliphatic carbocycles. The van der Waals surface area contributed by atoms with Gasteiger partial charge in [0.05, 0.1) is 6.61 Å². The minimum absolute atomic E-state index is 0.155. The number of benzene rings is 2. The number of nitrogens with one attached hydrogen (secondary N) is 3. The average Bonchev–Trinajstić information content (AvgIpc) is 2.64. The number of amides is 2. The normalized spacial score (nSPS) is 10.4. The lowest BCUT2D eigenvalue weighted by atomic mass is 10.1. The molecule has 0 heterocycles. The monoisotopic (exact) mass is 413 g/mol. The van der Waals surface area contributed by atoms with Crippen molar-refractivity contribution in [1.29, 1.82) is 0 Å². The number of aryl methyl sites for hydroxylation is 1. The molecule has 0 aliphatic heterocycles. The van der Waals surface area contributed by atoms with Crippen LogP contribution in [-0.4, -0.2) is 23.5 Å². The molecule has 2 aromatic carbocycles. The van der Waals surface area contributed by atoms with Gasteiger partial charge in [0.1, 0.15) is 5.75 Å². The van der Waals surface area contributed by atoms with Crippen LogP contribution in [0.15, 0.2) is 42.5 Å². The molecule has 0 spiro atoms. The Kier molecular flexibility index (Phi) is 8.15. The molecule has 2 amide bonds. The van der Waals surface area contributed by atoms with Crippen molar-refractivity contribution in [2.24, 2.45) is 5.92 Å². The molecule has 2 rings (SSSR count). The third kappa shape index (κ3) is 7.54. The van der Waals surface area contributed by atoms with Crippen LogP contribution >= 0.6 is 12.2 Å². The molecule has 29 heavy (non-hydrogen) atoms. The summed E-state index contributed by atoms with van der Waals surface area (Å²) in [6, 6.07) is 12.4. The van der Waals surface area contributed by atoms with Crippen molar-refractivity contribution in [1.82, 2.24) is 5.32 Å².